The molecule has 4 nitrogen and oxygen atoms in total. The zero-order valence-electron chi connectivity index (χ0n) is 13.4. The standard InChI is InChI=1S/C13H21B4NO3/c14-12(15)13(16,17)21-11-7-9(1-2-10(11)20-12)19-8-3-5-18-6-4-8/h1-2,7-8,18H,3-6,14-17H2. The third kappa shape index (κ3) is 2.91. The van der Waals surface area contributed by atoms with Crippen LogP contribution in [-0.4, -0.2) is 61.4 Å². The Morgan fingerprint density at radius 3 is 2.29 bits per heavy atom. The van der Waals surface area contributed by atoms with Gasteiger partial charge in [0.1, 0.15) is 43.2 Å². The number of nitrogens with one attached hydrogen (secondary N) is 1. The van der Waals surface area contributed by atoms with Gasteiger partial charge in [-0.1, -0.05) is 0 Å². The van der Waals surface area contributed by atoms with Crippen molar-refractivity contribution in [3.05, 3.63) is 18.2 Å². The molecular weight excluding hydrogens is 261 g/mol. The molecule has 0 aromatic heterocycles. The number of hydrogen-bond acceptors (Lipinski definition) is 4. The molecule has 0 unspecified atom stereocenters. The second-order valence-electron chi connectivity index (χ2n) is 6.90. The Hall–Kier alpha value is -1.16. The molecule has 0 amide bonds. The topological polar surface area (TPSA) is 39.7 Å². The van der Waals surface area contributed by atoms with Gasteiger partial charge in [0.2, 0.25) is 0 Å². The van der Waals surface area contributed by atoms with Gasteiger partial charge in [0.25, 0.3) is 0 Å². The molecule has 0 atom stereocenters. The number of hydrogen-bond donors (Lipinski definition) is 1. The van der Waals surface area contributed by atoms with E-state index in [1.54, 1.807) is 0 Å². The Balaban J connectivity index is 1.79. The molecule has 1 aromatic carbocycles. The lowest BCUT2D eigenvalue weighted by Gasteiger charge is -2.47. The average molecular weight is 283 g/mol. The summed E-state index contributed by atoms with van der Waals surface area (Å²) in [6, 6.07) is 5.87. The van der Waals surface area contributed by atoms with Gasteiger partial charge in [-0.3, -0.25) is 0 Å². The molecule has 8 heteroatoms. The van der Waals surface area contributed by atoms with E-state index in [-0.39, 0.29) is 10.8 Å². The van der Waals surface area contributed by atoms with Gasteiger partial charge in [-0.15, -0.1) is 0 Å². The van der Waals surface area contributed by atoms with Crippen LogP contribution in [0, 0.1) is 0 Å². The summed E-state index contributed by atoms with van der Waals surface area (Å²) < 4.78 is 18.3. The maximum atomic E-state index is 6.15. The fourth-order valence-electron chi connectivity index (χ4n) is 2.63. The van der Waals surface area contributed by atoms with Crippen molar-refractivity contribution in [3.8, 4) is 17.2 Å². The zero-order valence-corrected chi connectivity index (χ0v) is 13.4. The van der Waals surface area contributed by atoms with Crippen molar-refractivity contribution in [3.63, 3.8) is 0 Å². The summed E-state index contributed by atoms with van der Waals surface area (Å²) in [7, 11) is 8.21. The molecule has 0 saturated carbocycles. The summed E-state index contributed by atoms with van der Waals surface area (Å²) in [6.45, 7) is 2.05. The minimum absolute atomic E-state index is 0.290. The summed E-state index contributed by atoms with van der Waals surface area (Å²) in [5, 5.41) is 2.60. The van der Waals surface area contributed by atoms with Crippen molar-refractivity contribution in [1.29, 1.82) is 0 Å². The highest BCUT2D eigenvalue weighted by Gasteiger charge is 2.44. The van der Waals surface area contributed by atoms with Gasteiger partial charge in [0.15, 0.2) is 11.5 Å². The molecule has 1 fully saturated rings. The Kier molecular flexibility index (Phi) is 3.68. The number of benzene rings is 1. The highest BCUT2D eigenvalue weighted by molar-refractivity contribution is 6.53. The number of piperidine rings is 1. The molecule has 0 bridgehead atoms. The van der Waals surface area contributed by atoms with Crippen LogP contribution in [0.25, 0.3) is 0 Å². The first-order valence-corrected chi connectivity index (χ1v) is 7.77. The van der Waals surface area contributed by atoms with Crippen LogP contribution in [0.4, 0.5) is 0 Å². The van der Waals surface area contributed by atoms with E-state index in [2.05, 4.69) is 36.7 Å². The number of fused-ring (bicyclic) bond motifs is 1. The van der Waals surface area contributed by atoms with Crippen molar-refractivity contribution in [1.82, 2.24) is 5.32 Å². The number of rotatable bonds is 2. The second kappa shape index (κ2) is 5.24. The van der Waals surface area contributed by atoms with Gasteiger partial charge >= 0.3 is 0 Å². The Morgan fingerprint density at radius 1 is 1.00 bits per heavy atom. The van der Waals surface area contributed by atoms with E-state index in [9.17, 15) is 0 Å². The summed E-state index contributed by atoms with van der Waals surface area (Å²) in [6.07, 6.45) is 2.39. The molecule has 2 aliphatic heterocycles. The van der Waals surface area contributed by atoms with Crippen LogP contribution in [0.5, 0.6) is 17.2 Å². The second-order valence-corrected chi connectivity index (χ2v) is 6.90. The predicted octanol–water partition coefficient (Wildman–Crippen LogP) is -2.57. The SMILES string of the molecule is BC1(B)Oc2ccc(OC3CCNCC3)cc2OC1(B)B. The first-order chi connectivity index (χ1) is 9.87. The quantitative estimate of drug-likeness (QED) is 0.606. The average Bonchev–Trinajstić information content (AvgIpc) is 2.41. The van der Waals surface area contributed by atoms with Crippen molar-refractivity contribution < 1.29 is 14.2 Å². The largest absolute Gasteiger partial charge is 0.499 e. The molecule has 0 spiro atoms. The molecule has 21 heavy (non-hydrogen) atoms. The van der Waals surface area contributed by atoms with Crippen molar-refractivity contribution >= 4 is 31.4 Å². The lowest BCUT2D eigenvalue weighted by Crippen LogP contribution is -2.65. The Labute approximate surface area is 129 Å². The smallest absolute Gasteiger partial charge is 0.163 e. The molecule has 1 aromatic rings. The molecule has 3 rings (SSSR count). The first-order valence-electron chi connectivity index (χ1n) is 7.77. The minimum Gasteiger partial charge on any atom is -0.499 e. The van der Waals surface area contributed by atoms with Crippen LogP contribution in [0.2, 0.25) is 0 Å². The van der Waals surface area contributed by atoms with Crippen LogP contribution in [0.3, 0.4) is 0 Å². The molecule has 2 aliphatic rings. The van der Waals surface area contributed by atoms with Crippen LogP contribution in [0.1, 0.15) is 12.8 Å². The first kappa shape index (κ1) is 14.8. The lowest BCUT2D eigenvalue weighted by atomic mass is 9.41. The zero-order chi connectivity index (χ0) is 15.1. The van der Waals surface area contributed by atoms with E-state index in [4.69, 9.17) is 14.2 Å². The summed E-state index contributed by atoms with van der Waals surface area (Å²) >= 11 is 0. The molecular formula is C13H21B4NO3. The van der Waals surface area contributed by atoms with Gasteiger partial charge in [0, 0.05) is 6.07 Å². The lowest BCUT2D eigenvalue weighted by molar-refractivity contribution is 0.0608. The normalized spacial score (nSPS) is 23.4. The highest BCUT2D eigenvalue weighted by atomic mass is 16.6. The van der Waals surface area contributed by atoms with Crippen molar-refractivity contribution in [2.75, 3.05) is 13.1 Å². The van der Waals surface area contributed by atoms with Crippen LogP contribution in [-0.2, 0) is 0 Å². The van der Waals surface area contributed by atoms with E-state index in [0.29, 0.717) is 6.10 Å². The molecule has 0 aliphatic carbocycles. The molecule has 108 valence electrons. The summed E-state index contributed by atoms with van der Waals surface area (Å²) in [5.74, 6) is 2.42. The number of ether oxygens (including phenoxy) is 3. The molecule has 2 heterocycles. The van der Waals surface area contributed by atoms with Crippen LogP contribution >= 0.6 is 0 Å². The maximum Gasteiger partial charge on any atom is 0.163 e. The Bertz CT molecular complexity index is 532. The highest BCUT2D eigenvalue weighted by Crippen LogP contribution is 2.41. The molecule has 1 N–H and O–H groups in total. The van der Waals surface area contributed by atoms with E-state index < -0.39 is 0 Å². The van der Waals surface area contributed by atoms with Crippen molar-refractivity contribution in [2.24, 2.45) is 0 Å². The van der Waals surface area contributed by atoms with E-state index >= 15 is 0 Å². The minimum atomic E-state index is -0.382. The monoisotopic (exact) mass is 283 g/mol. The van der Waals surface area contributed by atoms with Crippen molar-refractivity contribution in [2.45, 2.75) is 29.7 Å². The maximum absolute atomic E-state index is 6.15. The van der Waals surface area contributed by atoms with E-state index in [1.807, 2.05) is 18.2 Å². The third-order valence-corrected chi connectivity index (χ3v) is 4.68. The molecule has 1 saturated heterocycles. The van der Waals surface area contributed by atoms with E-state index in [0.717, 1.165) is 43.2 Å². The Morgan fingerprint density at radius 2 is 1.62 bits per heavy atom. The van der Waals surface area contributed by atoms with Gasteiger partial charge in [-0.2, -0.15) is 0 Å². The van der Waals surface area contributed by atoms with Crippen LogP contribution < -0.4 is 19.5 Å². The van der Waals surface area contributed by atoms with Gasteiger partial charge < -0.3 is 19.5 Å². The third-order valence-electron chi connectivity index (χ3n) is 4.68. The van der Waals surface area contributed by atoms with E-state index in [1.165, 1.54) is 0 Å². The van der Waals surface area contributed by atoms with Crippen LogP contribution in [0.15, 0.2) is 18.2 Å². The summed E-state index contributed by atoms with van der Waals surface area (Å²) in [5.41, 5.74) is 0. The van der Waals surface area contributed by atoms with Gasteiger partial charge in [-0.25, -0.2) is 0 Å². The molecule has 0 radical (unpaired) electrons. The van der Waals surface area contributed by atoms with Gasteiger partial charge in [0.05, 0.1) is 10.8 Å². The fourth-order valence-corrected chi connectivity index (χ4v) is 2.63. The predicted molar refractivity (Wildman–Crippen MR) is 93.9 cm³/mol. The fraction of sp³-hybridized carbons (Fsp3) is 0.538. The van der Waals surface area contributed by atoms with Gasteiger partial charge in [-0.05, 0) is 38.1 Å². The summed E-state index contributed by atoms with van der Waals surface area (Å²) in [4.78, 5) is 0.